The molecule has 0 aliphatic heterocycles. The lowest BCUT2D eigenvalue weighted by Gasteiger charge is -2.11. The van der Waals surface area contributed by atoms with Crippen LogP contribution in [0, 0.1) is 5.92 Å². The van der Waals surface area contributed by atoms with Gasteiger partial charge in [-0.1, -0.05) is 19.1 Å². The van der Waals surface area contributed by atoms with Crippen LogP contribution in [0.3, 0.4) is 0 Å². The molecule has 20 heavy (non-hydrogen) atoms. The quantitative estimate of drug-likeness (QED) is 0.677. The Bertz CT molecular complexity index is 559. The maximum Gasteiger partial charge on any atom is 0.224 e. The van der Waals surface area contributed by atoms with E-state index < -0.39 is 0 Å². The summed E-state index contributed by atoms with van der Waals surface area (Å²) in [5.41, 5.74) is 0.929. The number of rotatable bonds is 7. The van der Waals surface area contributed by atoms with E-state index in [0.717, 1.165) is 36.1 Å². The van der Waals surface area contributed by atoms with Crippen molar-refractivity contribution in [2.75, 3.05) is 30.8 Å². The van der Waals surface area contributed by atoms with Gasteiger partial charge in [0.15, 0.2) is 0 Å². The molecule has 1 aromatic carbocycles. The highest BCUT2D eigenvalue weighted by Crippen LogP contribution is 2.21. The molecule has 0 bridgehead atoms. The SMILES string of the molecule is CNc1nc(NCCCC(C)CO)c2ccccc2n1. The molecule has 0 aliphatic carbocycles. The van der Waals surface area contributed by atoms with Crippen LogP contribution in [-0.2, 0) is 0 Å². The predicted molar refractivity (Wildman–Crippen MR) is 83.1 cm³/mol. The van der Waals surface area contributed by atoms with E-state index in [1.165, 1.54) is 0 Å². The molecule has 1 heterocycles. The van der Waals surface area contributed by atoms with E-state index in [9.17, 15) is 0 Å². The summed E-state index contributed by atoms with van der Waals surface area (Å²) in [7, 11) is 1.82. The number of nitrogens with zero attached hydrogens (tertiary/aromatic N) is 2. The van der Waals surface area contributed by atoms with Gasteiger partial charge < -0.3 is 15.7 Å². The third-order valence-electron chi connectivity index (χ3n) is 3.30. The van der Waals surface area contributed by atoms with Crippen LogP contribution in [0.5, 0.6) is 0 Å². The number of nitrogens with one attached hydrogen (secondary N) is 2. The summed E-state index contributed by atoms with van der Waals surface area (Å²) >= 11 is 0. The molecule has 0 spiro atoms. The van der Waals surface area contributed by atoms with Gasteiger partial charge in [-0.2, -0.15) is 4.98 Å². The molecule has 108 valence electrons. The fraction of sp³-hybridized carbons (Fsp3) is 0.467. The van der Waals surface area contributed by atoms with Gasteiger partial charge in [0.2, 0.25) is 5.95 Å². The molecule has 1 atom stereocenters. The minimum Gasteiger partial charge on any atom is -0.396 e. The second kappa shape index (κ2) is 7.05. The molecule has 5 heteroatoms. The Hall–Kier alpha value is -1.88. The molecule has 5 nitrogen and oxygen atoms in total. The Morgan fingerprint density at radius 3 is 2.80 bits per heavy atom. The van der Waals surface area contributed by atoms with Crippen molar-refractivity contribution < 1.29 is 5.11 Å². The number of aromatic nitrogens is 2. The van der Waals surface area contributed by atoms with Crippen molar-refractivity contribution in [2.45, 2.75) is 19.8 Å². The summed E-state index contributed by atoms with van der Waals surface area (Å²) in [6, 6.07) is 7.97. The Labute approximate surface area is 119 Å². The highest BCUT2D eigenvalue weighted by molar-refractivity contribution is 5.89. The molecular weight excluding hydrogens is 252 g/mol. The van der Waals surface area contributed by atoms with Crippen LogP contribution in [0.25, 0.3) is 10.9 Å². The maximum atomic E-state index is 9.01. The van der Waals surface area contributed by atoms with E-state index in [0.29, 0.717) is 11.9 Å². The van der Waals surface area contributed by atoms with Gasteiger partial charge >= 0.3 is 0 Å². The first kappa shape index (κ1) is 14.5. The summed E-state index contributed by atoms with van der Waals surface area (Å²) < 4.78 is 0. The zero-order valence-electron chi connectivity index (χ0n) is 12.1. The topological polar surface area (TPSA) is 70.1 Å². The smallest absolute Gasteiger partial charge is 0.224 e. The fourth-order valence-corrected chi connectivity index (χ4v) is 2.07. The Morgan fingerprint density at radius 2 is 2.05 bits per heavy atom. The Kier molecular flexibility index (Phi) is 5.12. The molecule has 2 aromatic rings. The van der Waals surface area contributed by atoms with Crippen LogP contribution in [-0.4, -0.2) is 35.3 Å². The average Bonchev–Trinajstić information content (AvgIpc) is 2.50. The minimum absolute atomic E-state index is 0.250. The minimum atomic E-state index is 0.250. The van der Waals surface area contributed by atoms with Gasteiger partial charge in [0.1, 0.15) is 5.82 Å². The van der Waals surface area contributed by atoms with Crippen molar-refractivity contribution in [2.24, 2.45) is 5.92 Å². The van der Waals surface area contributed by atoms with Crippen molar-refractivity contribution in [3.8, 4) is 0 Å². The lowest BCUT2D eigenvalue weighted by atomic mass is 10.1. The molecule has 1 aromatic heterocycles. The van der Waals surface area contributed by atoms with Crippen molar-refractivity contribution >= 4 is 22.7 Å². The van der Waals surface area contributed by atoms with Crippen LogP contribution >= 0.6 is 0 Å². The van der Waals surface area contributed by atoms with Gasteiger partial charge in [0, 0.05) is 25.6 Å². The first-order valence-electron chi connectivity index (χ1n) is 7.04. The molecule has 0 amide bonds. The average molecular weight is 274 g/mol. The number of fused-ring (bicyclic) bond motifs is 1. The third-order valence-corrected chi connectivity index (χ3v) is 3.30. The molecule has 0 fully saturated rings. The van der Waals surface area contributed by atoms with Crippen molar-refractivity contribution in [3.05, 3.63) is 24.3 Å². The summed E-state index contributed by atoms with van der Waals surface area (Å²) in [5.74, 6) is 1.83. The van der Waals surface area contributed by atoms with Crippen molar-refractivity contribution in [1.29, 1.82) is 0 Å². The van der Waals surface area contributed by atoms with Crippen LogP contribution in [0.15, 0.2) is 24.3 Å². The number of hydrogen-bond acceptors (Lipinski definition) is 5. The lowest BCUT2D eigenvalue weighted by molar-refractivity contribution is 0.229. The summed E-state index contributed by atoms with van der Waals surface area (Å²) in [6.45, 7) is 3.15. The van der Waals surface area contributed by atoms with Gasteiger partial charge in [0.25, 0.3) is 0 Å². The number of hydrogen-bond donors (Lipinski definition) is 3. The zero-order valence-corrected chi connectivity index (χ0v) is 12.1. The van der Waals surface area contributed by atoms with Crippen molar-refractivity contribution in [3.63, 3.8) is 0 Å². The van der Waals surface area contributed by atoms with E-state index in [1.54, 1.807) is 0 Å². The van der Waals surface area contributed by atoms with Crippen LogP contribution in [0.1, 0.15) is 19.8 Å². The molecule has 0 saturated heterocycles. The molecule has 1 unspecified atom stereocenters. The lowest BCUT2D eigenvalue weighted by Crippen LogP contribution is -2.09. The molecule has 2 rings (SSSR count). The second-order valence-corrected chi connectivity index (χ2v) is 5.02. The normalized spacial score (nSPS) is 12.3. The summed E-state index contributed by atoms with van der Waals surface area (Å²) in [6.07, 6.45) is 2.01. The molecule has 0 saturated carbocycles. The zero-order chi connectivity index (χ0) is 14.4. The van der Waals surface area contributed by atoms with E-state index in [-0.39, 0.29) is 6.61 Å². The van der Waals surface area contributed by atoms with Gasteiger partial charge in [-0.15, -0.1) is 0 Å². The maximum absolute atomic E-state index is 9.01. The highest BCUT2D eigenvalue weighted by Gasteiger charge is 2.06. The molecule has 0 radical (unpaired) electrons. The van der Waals surface area contributed by atoms with Gasteiger partial charge in [0.05, 0.1) is 5.52 Å². The monoisotopic (exact) mass is 274 g/mol. The van der Waals surface area contributed by atoms with Crippen molar-refractivity contribution in [1.82, 2.24) is 9.97 Å². The Morgan fingerprint density at radius 1 is 1.25 bits per heavy atom. The summed E-state index contributed by atoms with van der Waals surface area (Å²) in [5, 5.41) is 16.4. The second-order valence-electron chi connectivity index (χ2n) is 5.02. The number of anilines is 2. The van der Waals surface area contributed by atoms with Gasteiger partial charge in [-0.25, -0.2) is 4.98 Å². The van der Waals surface area contributed by atoms with Crippen LogP contribution < -0.4 is 10.6 Å². The fourth-order valence-electron chi connectivity index (χ4n) is 2.07. The number of aliphatic hydroxyl groups excluding tert-OH is 1. The largest absolute Gasteiger partial charge is 0.396 e. The van der Waals surface area contributed by atoms with E-state index in [1.807, 2.05) is 31.3 Å². The third kappa shape index (κ3) is 3.57. The van der Waals surface area contributed by atoms with Gasteiger partial charge in [-0.05, 0) is 30.9 Å². The number of benzene rings is 1. The summed E-state index contributed by atoms with van der Waals surface area (Å²) in [4.78, 5) is 8.90. The highest BCUT2D eigenvalue weighted by atomic mass is 16.3. The Balaban J connectivity index is 2.08. The number of para-hydroxylation sites is 1. The van der Waals surface area contributed by atoms with Crippen LogP contribution in [0.4, 0.5) is 11.8 Å². The first-order valence-corrected chi connectivity index (χ1v) is 7.04. The predicted octanol–water partition coefficient (Wildman–Crippen LogP) is 2.49. The standard InChI is InChI=1S/C15H22N4O/c1-11(10-20)6-5-9-17-14-12-7-3-4-8-13(12)18-15(16-2)19-14/h3-4,7-8,11,20H,5-6,9-10H2,1-2H3,(H2,16,17,18,19). The molecule has 3 N–H and O–H groups in total. The van der Waals surface area contributed by atoms with E-state index in [4.69, 9.17) is 5.11 Å². The first-order chi connectivity index (χ1) is 9.74. The molecule has 0 aliphatic rings. The molecular formula is C15H22N4O. The van der Waals surface area contributed by atoms with E-state index >= 15 is 0 Å². The van der Waals surface area contributed by atoms with Crippen LogP contribution in [0.2, 0.25) is 0 Å². The van der Waals surface area contributed by atoms with E-state index in [2.05, 4.69) is 27.5 Å². The number of aliphatic hydroxyl groups is 1. The van der Waals surface area contributed by atoms with Gasteiger partial charge in [-0.3, -0.25) is 0 Å².